The van der Waals surface area contributed by atoms with E-state index < -0.39 is 0 Å². The first-order valence-corrected chi connectivity index (χ1v) is 8.83. The number of hydrogen-bond donors (Lipinski definition) is 1. The van der Waals surface area contributed by atoms with E-state index >= 15 is 0 Å². The second-order valence-corrected chi connectivity index (χ2v) is 7.13. The van der Waals surface area contributed by atoms with Gasteiger partial charge >= 0.3 is 0 Å². The van der Waals surface area contributed by atoms with Crippen LogP contribution >= 0.6 is 0 Å². The van der Waals surface area contributed by atoms with Crippen molar-refractivity contribution in [2.24, 2.45) is 10.1 Å². The molecule has 1 heterocycles. The molecule has 0 atom stereocenters. The molecular formula is C22H23N5. The molecule has 136 valence electrons. The predicted molar refractivity (Wildman–Crippen MR) is 112 cm³/mol. The van der Waals surface area contributed by atoms with Crippen LogP contribution in [0.5, 0.6) is 0 Å². The van der Waals surface area contributed by atoms with Crippen molar-refractivity contribution in [2.75, 3.05) is 5.43 Å². The molecule has 0 fully saturated rings. The molecule has 0 amide bonds. The van der Waals surface area contributed by atoms with Crippen LogP contribution in [0.1, 0.15) is 37.7 Å². The quantitative estimate of drug-likeness (QED) is 0.518. The van der Waals surface area contributed by atoms with Crippen LogP contribution in [-0.4, -0.2) is 22.4 Å². The highest BCUT2D eigenvalue weighted by Crippen LogP contribution is 2.26. The van der Waals surface area contributed by atoms with Gasteiger partial charge in [-0.3, -0.25) is 10.4 Å². The highest BCUT2D eigenvalue weighted by molar-refractivity contribution is 5.84. The van der Waals surface area contributed by atoms with Crippen molar-refractivity contribution in [1.29, 1.82) is 0 Å². The maximum Gasteiger partial charge on any atom is 0.175 e. The Morgan fingerprint density at radius 2 is 1.44 bits per heavy atom. The summed E-state index contributed by atoms with van der Waals surface area (Å²) >= 11 is 0. The average molecular weight is 357 g/mol. The number of aromatic nitrogens is 2. The van der Waals surface area contributed by atoms with Crippen LogP contribution in [0.25, 0.3) is 0 Å². The van der Waals surface area contributed by atoms with Crippen LogP contribution in [0.2, 0.25) is 0 Å². The first-order chi connectivity index (χ1) is 13.0. The number of aliphatic imine (C=N–C) groups is 1. The fourth-order valence-electron chi connectivity index (χ4n) is 2.30. The number of hydrogen-bond acceptors (Lipinski definition) is 5. The Balaban J connectivity index is 1.88. The molecule has 3 aromatic rings. The van der Waals surface area contributed by atoms with Gasteiger partial charge in [0.2, 0.25) is 0 Å². The zero-order valence-corrected chi connectivity index (χ0v) is 15.8. The van der Waals surface area contributed by atoms with E-state index in [-0.39, 0.29) is 5.41 Å². The molecule has 0 bridgehead atoms. The van der Waals surface area contributed by atoms with E-state index in [1.165, 1.54) is 0 Å². The van der Waals surface area contributed by atoms with Gasteiger partial charge in [-0.05, 0) is 11.1 Å². The lowest BCUT2D eigenvalue weighted by Gasteiger charge is -2.17. The van der Waals surface area contributed by atoms with Gasteiger partial charge in [-0.2, -0.15) is 5.10 Å². The third-order valence-electron chi connectivity index (χ3n) is 3.78. The van der Waals surface area contributed by atoms with Crippen molar-refractivity contribution >= 4 is 23.9 Å². The predicted octanol–water partition coefficient (Wildman–Crippen LogP) is 4.97. The molecule has 0 radical (unpaired) electrons. The summed E-state index contributed by atoms with van der Waals surface area (Å²) < 4.78 is 0. The Kier molecular flexibility index (Phi) is 5.71. The highest BCUT2D eigenvalue weighted by Gasteiger charge is 2.19. The smallest absolute Gasteiger partial charge is 0.175 e. The molecule has 1 aromatic heterocycles. The molecule has 1 N–H and O–H groups in total. The van der Waals surface area contributed by atoms with Crippen LogP contribution in [0, 0.1) is 0 Å². The monoisotopic (exact) mass is 357 g/mol. The van der Waals surface area contributed by atoms with Crippen LogP contribution in [-0.2, 0) is 5.41 Å². The molecule has 0 aliphatic heterocycles. The van der Waals surface area contributed by atoms with Gasteiger partial charge in [0.25, 0.3) is 0 Å². The Hall–Kier alpha value is -3.34. The van der Waals surface area contributed by atoms with Crippen molar-refractivity contribution in [3.8, 4) is 0 Å². The van der Waals surface area contributed by atoms with Crippen LogP contribution in [0.15, 0.2) is 77.0 Å². The topological polar surface area (TPSA) is 62.5 Å². The second kappa shape index (κ2) is 8.36. The molecular weight excluding hydrogens is 334 g/mol. The second-order valence-electron chi connectivity index (χ2n) is 7.13. The van der Waals surface area contributed by atoms with E-state index in [2.05, 4.69) is 46.3 Å². The standard InChI is InChI=1S/C22H23N5/c1-22(2,3)21-24-16-19(23-14-17-10-6-4-7-11-17)20(26-21)27-25-15-18-12-8-5-9-13-18/h4-16H,1-3H3,(H,24,26,27)/b23-14?,25-15+. The molecule has 0 saturated heterocycles. The number of rotatable bonds is 5. The average Bonchev–Trinajstić information content (AvgIpc) is 2.68. The fourth-order valence-corrected chi connectivity index (χ4v) is 2.30. The summed E-state index contributed by atoms with van der Waals surface area (Å²) in [6, 6.07) is 19.8. The maximum absolute atomic E-state index is 4.64. The molecule has 5 nitrogen and oxygen atoms in total. The first-order valence-electron chi connectivity index (χ1n) is 8.83. The van der Waals surface area contributed by atoms with Crippen molar-refractivity contribution in [1.82, 2.24) is 9.97 Å². The number of nitrogens with one attached hydrogen (secondary N) is 1. The minimum atomic E-state index is -0.165. The van der Waals surface area contributed by atoms with Crippen molar-refractivity contribution in [2.45, 2.75) is 26.2 Å². The van der Waals surface area contributed by atoms with E-state index in [1.54, 1.807) is 18.6 Å². The lowest BCUT2D eigenvalue weighted by molar-refractivity contribution is 0.546. The van der Waals surface area contributed by atoms with Gasteiger partial charge in [-0.15, -0.1) is 0 Å². The van der Waals surface area contributed by atoms with Gasteiger partial charge in [0.15, 0.2) is 5.82 Å². The van der Waals surface area contributed by atoms with Crippen LogP contribution in [0.4, 0.5) is 11.5 Å². The summed E-state index contributed by atoms with van der Waals surface area (Å²) in [6.07, 6.45) is 5.28. The Labute approximate surface area is 159 Å². The Morgan fingerprint density at radius 1 is 0.852 bits per heavy atom. The van der Waals surface area contributed by atoms with Crippen LogP contribution < -0.4 is 5.43 Å². The summed E-state index contributed by atoms with van der Waals surface area (Å²) in [5.74, 6) is 1.31. The van der Waals surface area contributed by atoms with Gasteiger partial charge in [-0.25, -0.2) is 9.97 Å². The van der Waals surface area contributed by atoms with Gasteiger partial charge in [0.1, 0.15) is 11.5 Å². The van der Waals surface area contributed by atoms with E-state index in [0.717, 1.165) is 17.0 Å². The molecule has 0 saturated carbocycles. The first kappa shape index (κ1) is 18.5. The van der Waals surface area contributed by atoms with Crippen molar-refractivity contribution < 1.29 is 0 Å². The third kappa shape index (κ3) is 5.31. The molecule has 0 spiro atoms. The lowest BCUT2D eigenvalue weighted by Crippen LogP contribution is -2.16. The summed E-state index contributed by atoms with van der Waals surface area (Å²) in [7, 11) is 0. The highest BCUT2D eigenvalue weighted by atomic mass is 15.3. The number of hydrazone groups is 1. The largest absolute Gasteiger partial charge is 0.259 e. The zero-order chi connectivity index (χ0) is 19.1. The van der Waals surface area contributed by atoms with E-state index in [0.29, 0.717) is 11.5 Å². The van der Waals surface area contributed by atoms with Gasteiger partial charge in [0.05, 0.1) is 12.4 Å². The zero-order valence-electron chi connectivity index (χ0n) is 15.8. The minimum absolute atomic E-state index is 0.165. The summed E-state index contributed by atoms with van der Waals surface area (Å²) in [6.45, 7) is 6.23. The minimum Gasteiger partial charge on any atom is -0.259 e. The summed E-state index contributed by atoms with van der Waals surface area (Å²) in [5, 5.41) is 4.31. The van der Waals surface area contributed by atoms with Crippen LogP contribution in [0.3, 0.4) is 0 Å². The number of nitrogens with zero attached hydrogens (tertiary/aromatic N) is 4. The summed E-state index contributed by atoms with van der Waals surface area (Å²) in [4.78, 5) is 13.6. The normalized spacial score (nSPS) is 12.0. The van der Waals surface area contributed by atoms with E-state index in [1.807, 2.05) is 60.7 Å². The van der Waals surface area contributed by atoms with E-state index in [4.69, 9.17) is 0 Å². The maximum atomic E-state index is 4.64. The molecule has 5 heteroatoms. The SMILES string of the molecule is CC(C)(C)c1ncc(N=Cc2ccccc2)c(N/N=C/c2ccccc2)n1. The van der Waals surface area contributed by atoms with Crippen molar-refractivity contribution in [3.63, 3.8) is 0 Å². The molecule has 27 heavy (non-hydrogen) atoms. The van der Waals surface area contributed by atoms with Crippen molar-refractivity contribution in [3.05, 3.63) is 83.8 Å². The lowest BCUT2D eigenvalue weighted by atomic mass is 9.96. The van der Waals surface area contributed by atoms with E-state index in [9.17, 15) is 0 Å². The molecule has 0 aliphatic carbocycles. The Morgan fingerprint density at radius 3 is 2.04 bits per heavy atom. The summed E-state index contributed by atoms with van der Waals surface area (Å²) in [5.41, 5.74) is 5.50. The molecule has 3 rings (SSSR count). The van der Waals surface area contributed by atoms with Gasteiger partial charge in [-0.1, -0.05) is 81.4 Å². The fraction of sp³-hybridized carbons (Fsp3) is 0.182. The Bertz CT molecular complexity index is 926. The number of anilines is 1. The van der Waals surface area contributed by atoms with Gasteiger partial charge in [0, 0.05) is 11.6 Å². The van der Waals surface area contributed by atoms with Gasteiger partial charge < -0.3 is 0 Å². The molecule has 2 aromatic carbocycles. The molecule has 0 aliphatic rings. The number of benzene rings is 2. The molecule has 0 unspecified atom stereocenters. The third-order valence-corrected chi connectivity index (χ3v) is 3.78.